The Hall–Kier alpha value is -0.380. The van der Waals surface area contributed by atoms with Crippen LogP contribution in [0.1, 0.15) is 12.8 Å². The minimum atomic E-state index is 1.12. The maximum Gasteiger partial charge on any atom is 0.0165 e. The van der Waals surface area contributed by atoms with E-state index in [-0.39, 0.29) is 0 Å². The number of nitrogens with zero attached hydrogens (tertiary/aromatic N) is 2. The molecule has 0 aromatic rings. The molecule has 2 heterocycles. The van der Waals surface area contributed by atoms with E-state index in [1.54, 1.807) is 5.57 Å². The second-order valence-corrected chi connectivity index (χ2v) is 4.72. The molecule has 1 saturated heterocycles. The van der Waals surface area contributed by atoms with Gasteiger partial charge in [0.25, 0.3) is 0 Å². The average molecular weight is 209 g/mol. The summed E-state index contributed by atoms with van der Waals surface area (Å²) < 4.78 is 0. The minimum absolute atomic E-state index is 1.12. The lowest BCUT2D eigenvalue weighted by Gasteiger charge is -2.32. The van der Waals surface area contributed by atoms with Gasteiger partial charge in [0, 0.05) is 39.3 Å². The maximum atomic E-state index is 3.43. The van der Waals surface area contributed by atoms with E-state index in [2.05, 4.69) is 28.2 Å². The molecule has 0 radical (unpaired) electrons. The molecule has 86 valence electrons. The van der Waals surface area contributed by atoms with Gasteiger partial charge in [0.05, 0.1) is 0 Å². The Morgan fingerprint density at radius 3 is 2.73 bits per heavy atom. The highest BCUT2D eigenvalue weighted by Crippen LogP contribution is 2.08. The van der Waals surface area contributed by atoms with Crippen LogP contribution in [0.2, 0.25) is 0 Å². The molecule has 1 fully saturated rings. The van der Waals surface area contributed by atoms with Crippen molar-refractivity contribution in [3.05, 3.63) is 11.6 Å². The first kappa shape index (κ1) is 11.1. The van der Waals surface area contributed by atoms with Gasteiger partial charge in [0.15, 0.2) is 0 Å². The van der Waals surface area contributed by atoms with E-state index in [4.69, 9.17) is 0 Å². The molecule has 2 aliphatic rings. The molecule has 0 bridgehead atoms. The molecule has 0 amide bonds. The van der Waals surface area contributed by atoms with Gasteiger partial charge in [0.1, 0.15) is 0 Å². The molecule has 2 rings (SSSR count). The summed E-state index contributed by atoms with van der Waals surface area (Å²) in [5.41, 5.74) is 1.61. The molecule has 1 N–H and O–H groups in total. The highest BCUT2D eigenvalue weighted by atomic mass is 15.2. The van der Waals surface area contributed by atoms with Gasteiger partial charge < -0.3 is 15.1 Å². The van der Waals surface area contributed by atoms with Crippen molar-refractivity contribution in [1.82, 2.24) is 15.1 Å². The van der Waals surface area contributed by atoms with Gasteiger partial charge in [-0.25, -0.2) is 0 Å². The number of nitrogens with one attached hydrogen (secondary N) is 1. The lowest BCUT2D eigenvalue weighted by Crippen LogP contribution is -2.44. The lowest BCUT2D eigenvalue weighted by molar-refractivity contribution is 0.155. The third-order valence-corrected chi connectivity index (χ3v) is 3.45. The van der Waals surface area contributed by atoms with Gasteiger partial charge in [-0.1, -0.05) is 11.6 Å². The zero-order valence-corrected chi connectivity index (χ0v) is 9.84. The van der Waals surface area contributed by atoms with Crippen molar-refractivity contribution in [3.63, 3.8) is 0 Å². The highest BCUT2D eigenvalue weighted by molar-refractivity contribution is 5.07. The van der Waals surface area contributed by atoms with Crippen molar-refractivity contribution in [1.29, 1.82) is 0 Å². The van der Waals surface area contributed by atoms with E-state index >= 15 is 0 Å². The van der Waals surface area contributed by atoms with Gasteiger partial charge in [0.2, 0.25) is 0 Å². The van der Waals surface area contributed by atoms with E-state index in [1.807, 2.05) is 0 Å². The Morgan fingerprint density at radius 1 is 1.27 bits per heavy atom. The van der Waals surface area contributed by atoms with Crippen molar-refractivity contribution in [2.45, 2.75) is 12.8 Å². The quantitative estimate of drug-likeness (QED) is 0.685. The summed E-state index contributed by atoms with van der Waals surface area (Å²) in [6.07, 6.45) is 4.90. The standard InChI is InChI=1S/C12H23N3/c1-14-7-9-15(10-8-14)6-4-12-3-2-5-13-11-12/h3,13H,2,4-11H2,1H3. The first-order valence-corrected chi connectivity index (χ1v) is 6.14. The number of piperazine rings is 1. The van der Waals surface area contributed by atoms with Gasteiger partial charge in [-0.3, -0.25) is 0 Å². The first-order chi connectivity index (χ1) is 7.34. The smallest absolute Gasteiger partial charge is 0.0165 e. The van der Waals surface area contributed by atoms with Crippen LogP contribution in [0.5, 0.6) is 0 Å². The third kappa shape index (κ3) is 3.59. The van der Waals surface area contributed by atoms with Crippen LogP contribution in [0.25, 0.3) is 0 Å². The monoisotopic (exact) mass is 209 g/mol. The summed E-state index contributed by atoms with van der Waals surface area (Å²) in [4.78, 5) is 5.01. The zero-order valence-electron chi connectivity index (χ0n) is 9.84. The highest BCUT2D eigenvalue weighted by Gasteiger charge is 2.13. The fourth-order valence-electron chi connectivity index (χ4n) is 2.26. The molecule has 3 heteroatoms. The van der Waals surface area contributed by atoms with Crippen LogP contribution in [0.4, 0.5) is 0 Å². The maximum absolute atomic E-state index is 3.43. The van der Waals surface area contributed by atoms with E-state index in [0.29, 0.717) is 0 Å². The Balaban J connectivity index is 1.67. The summed E-state index contributed by atoms with van der Waals surface area (Å²) in [6, 6.07) is 0. The molecular weight excluding hydrogens is 186 g/mol. The summed E-state index contributed by atoms with van der Waals surface area (Å²) >= 11 is 0. The van der Waals surface area contributed by atoms with Gasteiger partial charge in [-0.15, -0.1) is 0 Å². The number of rotatable bonds is 3. The van der Waals surface area contributed by atoms with Crippen LogP contribution in [-0.4, -0.2) is 62.7 Å². The van der Waals surface area contributed by atoms with Crippen molar-refractivity contribution in [3.8, 4) is 0 Å². The van der Waals surface area contributed by atoms with Crippen molar-refractivity contribution >= 4 is 0 Å². The largest absolute Gasteiger partial charge is 0.313 e. The van der Waals surface area contributed by atoms with Crippen LogP contribution in [0.15, 0.2) is 11.6 Å². The molecule has 0 spiro atoms. The third-order valence-electron chi connectivity index (χ3n) is 3.45. The predicted octanol–water partition coefficient (Wildman–Crippen LogP) is 0.544. The Kier molecular flexibility index (Phi) is 4.18. The molecule has 0 saturated carbocycles. The van der Waals surface area contributed by atoms with E-state index < -0.39 is 0 Å². The number of hydrogen-bond acceptors (Lipinski definition) is 3. The molecule has 0 unspecified atom stereocenters. The number of hydrogen-bond donors (Lipinski definition) is 1. The molecule has 0 aromatic heterocycles. The molecule has 0 aromatic carbocycles. The zero-order chi connectivity index (χ0) is 10.5. The minimum Gasteiger partial charge on any atom is -0.313 e. The fourth-order valence-corrected chi connectivity index (χ4v) is 2.26. The summed E-state index contributed by atoms with van der Waals surface area (Å²) in [5.74, 6) is 0. The molecule has 0 atom stereocenters. The normalized spacial score (nSPS) is 25.3. The second kappa shape index (κ2) is 5.64. The topological polar surface area (TPSA) is 18.5 Å². The lowest BCUT2D eigenvalue weighted by atomic mass is 10.1. The summed E-state index contributed by atoms with van der Waals surface area (Å²) in [5, 5.41) is 3.43. The SMILES string of the molecule is CN1CCN(CCC2=CCCNC2)CC1. The van der Waals surface area contributed by atoms with Gasteiger partial charge in [-0.2, -0.15) is 0 Å². The van der Waals surface area contributed by atoms with Gasteiger partial charge in [-0.05, 0) is 26.4 Å². The molecule has 15 heavy (non-hydrogen) atoms. The van der Waals surface area contributed by atoms with Crippen LogP contribution in [0.3, 0.4) is 0 Å². The average Bonchev–Trinajstić information content (AvgIpc) is 2.30. The van der Waals surface area contributed by atoms with Gasteiger partial charge >= 0.3 is 0 Å². The Bertz CT molecular complexity index is 217. The van der Waals surface area contributed by atoms with Crippen molar-refractivity contribution in [2.75, 3.05) is 52.9 Å². The van der Waals surface area contributed by atoms with E-state index in [9.17, 15) is 0 Å². The molecule has 2 aliphatic heterocycles. The summed E-state index contributed by atoms with van der Waals surface area (Å²) in [6.45, 7) is 8.50. The Labute approximate surface area is 93.1 Å². The predicted molar refractivity (Wildman–Crippen MR) is 64.1 cm³/mol. The summed E-state index contributed by atoms with van der Waals surface area (Å²) in [7, 11) is 2.21. The van der Waals surface area contributed by atoms with E-state index in [0.717, 1.165) is 13.1 Å². The van der Waals surface area contributed by atoms with Crippen molar-refractivity contribution < 1.29 is 0 Å². The second-order valence-electron chi connectivity index (χ2n) is 4.72. The van der Waals surface area contributed by atoms with Crippen molar-refractivity contribution in [2.24, 2.45) is 0 Å². The first-order valence-electron chi connectivity index (χ1n) is 6.14. The number of likely N-dealkylation sites (N-methyl/N-ethyl adjacent to an activating group) is 1. The van der Waals surface area contributed by atoms with Crippen LogP contribution in [-0.2, 0) is 0 Å². The Morgan fingerprint density at radius 2 is 2.07 bits per heavy atom. The fraction of sp³-hybridized carbons (Fsp3) is 0.833. The molecule has 0 aliphatic carbocycles. The van der Waals surface area contributed by atoms with E-state index in [1.165, 1.54) is 45.6 Å². The molecular formula is C12H23N3. The van der Waals surface area contributed by atoms with Crippen LogP contribution < -0.4 is 5.32 Å². The molecule has 3 nitrogen and oxygen atoms in total. The van der Waals surface area contributed by atoms with Crippen LogP contribution in [0, 0.1) is 0 Å². The van der Waals surface area contributed by atoms with Crippen LogP contribution >= 0.6 is 0 Å².